The van der Waals surface area contributed by atoms with Crippen LogP contribution in [0.4, 0.5) is 0 Å². The van der Waals surface area contributed by atoms with E-state index >= 15 is 0 Å². The second-order valence-electron chi connectivity index (χ2n) is 2.75. The van der Waals surface area contributed by atoms with Crippen molar-refractivity contribution < 1.29 is 28.5 Å². The smallest absolute Gasteiger partial charge is 0.306 e. The van der Waals surface area contributed by atoms with Crippen molar-refractivity contribution in [2.45, 2.75) is 5.79 Å². The van der Waals surface area contributed by atoms with Gasteiger partial charge in [0.05, 0.1) is 14.2 Å². The van der Waals surface area contributed by atoms with Crippen molar-refractivity contribution in [1.29, 1.82) is 0 Å². The van der Waals surface area contributed by atoms with Gasteiger partial charge < -0.3 is 18.9 Å². The van der Waals surface area contributed by atoms with Gasteiger partial charge in [0.1, 0.15) is 0 Å². The van der Waals surface area contributed by atoms with Crippen LogP contribution in [0.3, 0.4) is 0 Å². The zero-order valence-corrected chi connectivity index (χ0v) is 8.95. The highest BCUT2D eigenvalue weighted by Gasteiger charge is 2.58. The quantitative estimate of drug-likeness (QED) is 0.471. The maximum atomic E-state index is 11.8. The molecule has 1 aliphatic carbocycles. The topological polar surface area (TPSA) is 71.1 Å². The number of carbonyl (C=O) groups excluding carboxylic acids is 2. The van der Waals surface area contributed by atoms with E-state index in [1.54, 1.807) is 0 Å². The van der Waals surface area contributed by atoms with Gasteiger partial charge in [0.2, 0.25) is 11.5 Å². The van der Waals surface area contributed by atoms with Crippen molar-refractivity contribution >= 4 is 11.6 Å². The minimum Gasteiger partial charge on any atom is -0.490 e. The maximum absolute atomic E-state index is 11.8. The SMILES string of the molecule is COC1=C(OC)C(=O)C(OC)(OC)C1=O. The molecule has 15 heavy (non-hydrogen) atoms. The van der Waals surface area contributed by atoms with E-state index in [1.165, 1.54) is 28.4 Å². The zero-order chi connectivity index (χ0) is 11.6. The molecule has 0 aromatic rings. The van der Waals surface area contributed by atoms with E-state index < -0.39 is 17.4 Å². The summed E-state index contributed by atoms with van der Waals surface area (Å²) in [6, 6.07) is 0. The Morgan fingerprint density at radius 2 is 1.13 bits per heavy atom. The van der Waals surface area contributed by atoms with Crippen LogP contribution in [0.5, 0.6) is 0 Å². The predicted molar refractivity (Wildman–Crippen MR) is 47.8 cm³/mol. The molecule has 0 unspecified atom stereocenters. The summed E-state index contributed by atoms with van der Waals surface area (Å²) in [4.78, 5) is 23.5. The average Bonchev–Trinajstić information content (AvgIpc) is 2.47. The molecule has 0 radical (unpaired) electrons. The molecule has 0 N–H and O–H groups in total. The largest absolute Gasteiger partial charge is 0.490 e. The van der Waals surface area contributed by atoms with Crippen LogP contribution in [-0.2, 0) is 28.5 Å². The van der Waals surface area contributed by atoms with E-state index in [-0.39, 0.29) is 11.5 Å². The second kappa shape index (κ2) is 4.00. The third-order valence-corrected chi connectivity index (χ3v) is 2.20. The molecule has 0 bridgehead atoms. The van der Waals surface area contributed by atoms with Crippen LogP contribution in [0.25, 0.3) is 0 Å². The summed E-state index contributed by atoms with van der Waals surface area (Å²) in [7, 11) is 4.93. The Bertz CT molecular complexity index is 297. The zero-order valence-electron chi connectivity index (χ0n) is 8.95. The van der Waals surface area contributed by atoms with Crippen molar-refractivity contribution in [3.05, 3.63) is 11.5 Å². The molecule has 0 saturated heterocycles. The molecule has 0 fully saturated rings. The van der Waals surface area contributed by atoms with E-state index in [1.807, 2.05) is 0 Å². The van der Waals surface area contributed by atoms with Crippen molar-refractivity contribution in [3.63, 3.8) is 0 Å². The van der Waals surface area contributed by atoms with Gasteiger partial charge in [-0.1, -0.05) is 0 Å². The van der Waals surface area contributed by atoms with Crippen LogP contribution in [0, 0.1) is 0 Å². The monoisotopic (exact) mass is 216 g/mol. The molecule has 0 aromatic carbocycles. The predicted octanol–water partition coefficient (Wildman–Crippen LogP) is -0.368. The molecule has 1 aliphatic rings. The van der Waals surface area contributed by atoms with Crippen molar-refractivity contribution in [2.24, 2.45) is 0 Å². The van der Waals surface area contributed by atoms with E-state index in [9.17, 15) is 9.59 Å². The first-order chi connectivity index (χ1) is 7.08. The minimum atomic E-state index is -1.96. The normalized spacial score (nSPS) is 19.7. The summed E-state index contributed by atoms with van der Waals surface area (Å²) in [6.07, 6.45) is 0. The fraction of sp³-hybridized carbons (Fsp3) is 0.556. The van der Waals surface area contributed by atoms with E-state index in [2.05, 4.69) is 0 Å². The molecule has 0 spiro atoms. The van der Waals surface area contributed by atoms with Crippen LogP contribution in [0.15, 0.2) is 11.5 Å². The minimum absolute atomic E-state index is 0.189. The standard InChI is InChI=1S/C9H12O6/c1-12-5-6(13-2)8(11)9(14-3,15-4)7(5)10/h1-4H3. The Morgan fingerprint density at radius 3 is 1.33 bits per heavy atom. The number of rotatable bonds is 4. The average molecular weight is 216 g/mol. The lowest BCUT2D eigenvalue weighted by molar-refractivity contribution is -0.201. The summed E-state index contributed by atoms with van der Waals surface area (Å²) >= 11 is 0. The molecular weight excluding hydrogens is 204 g/mol. The highest BCUT2D eigenvalue weighted by molar-refractivity contribution is 6.27. The fourth-order valence-corrected chi connectivity index (χ4v) is 1.43. The maximum Gasteiger partial charge on any atom is 0.306 e. The molecule has 0 atom stereocenters. The number of ether oxygens (including phenoxy) is 4. The van der Waals surface area contributed by atoms with Crippen molar-refractivity contribution in [1.82, 2.24) is 0 Å². The number of hydrogen-bond acceptors (Lipinski definition) is 6. The first-order valence-electron chi connectivity index (χ1n) is 4.11. The van der Waals surface area contributed by atoms with Gasteiger partial charge >= 0.3 is 5.79 Å². The molecule has 6 nitrogen and oxygen atoms in total. The molecular formula is C9H12O6. The highest BCUT2D eigenvalue weighted by atomic mass is 16.7. The van der Waals surface area contributed by atoms with E-state index in [0.717, 1.165) is 0 Å². The summed E-state index contributed by atoms with van der Waals surface area (Å²) in [6.45, 7) is 0. The first kappa shape index (κ1) is 11.7. The third kappa shape index (κ3) is 1.33. The molecule has 0 aliphatic heterocycles. The van der Waals surface area contributed by atoms with Crippen molar-refractivity contribution in [3.8, 4) is 0 Å². The highest BCUT2D eigenvalue weighted by Crippen LogP contribution is 2.32. The molecule has 0 heterocycles. The summed E-state index contributed by atoms with van der Waals surface area (Å²) in [5.41, 5.74) is 0. The summed E-state index contributed by atoms with van der Waals surface area (Å²) in [5, 5.41) is 0. The molecule has 1 rings (SSSR count). The van der Waals surface area contributed by atoms with Gasteiger partial charge in [-0.3, -0.25) is 9.59 Å². The van der Waals surface area contributed by atoms with Gasteiger partial charge in [0, 0.05) is 14.2 Å². The van der Waals surface area contributed by atoms with Gasteiger partial charge in [-0.2, -0.15) is 0 Å². The lowest BCUT2D eigenvalue weighted by Crippen LogP contribution is -2.46. The van der Waals surface area contributed by atoms with E-state index in [4.69, 9.17) is 18.9 Å². The molecule has 0 aromatic heterocycles. The number of hydrogen-bond donors (Lipinski definition) is 0. The first-order valence-corrected chi connectivity index (χ1v) is 4.11. The Hall–Kier alpha value is -1.40. The molecule has 0 amide bonds. The Morgan fingerprint density at radius 1 is 0.800 bits per heavy atom. The van der Waals surface area contributed by atoms with Crippen LogP contribution in [0.2, 0.25) is 0 Å². The van der Waals surface area contributed by atoms with Crippen molar-refractivity contribution in [2.75, 3.05) is 28.4 Å². The Labute approximate surface area is 86.7 Å². The number of carbonyl (C=O) groups is 2. The van der Waals surface area contributed by atoms with Gasteiger partial charge in [0.15, 0.2) is 0 Å². The summed E-state index contributed by atoms with van der Waals surface area (Å²) < 4.78 is 19.2. The van der Waals surface area contributed by atoms with E-state index in [0.29, 0.717) is 0 Å². The van der Waals surface area contributed by atoms with Gasteiger partial charge in [0.25, 0.3) is 11.6 Å². The van der Waals surface area contributed by atoms with Gasteiger partial charge in [-0.05, 0) is 0 Å². The molecule has 6 heteroatoms. The third-order valence-electron chi connectivity index (χ3n) is 2.20. The fourth-order valence-electron chi connectivity index (χ4n) is 1.43. The number of Topliss-reactive ketones (excluding diaryl/α,β-unsaturated/α-hetero) is 2. The lowest BCUT2D eigenvalue weighted by atomic mass is 10.2. The second-order valence-corrected chi connectivity index (χ2v) is 2.75. The van der Waals surface area contributed by atoms with Gasteiger partial charge in [-0.15, -0.1) is 0 Å². The summed E-state index contributed by atoms with van der Waals surface area (Å²) in [5.74, 6) is -3.73. The molecule has 0 saturated carbocycles. The molecule has 84 valence electrons. The van der Waals surface area contributed by atoms with Crippen LogP contribution in [0.1, 0.15) is 0 Å². The Balaban J connectivity index is 3.26. The number of methoxy groups -OCH3 is 4. The number of ketones is 2. The van der Waals surface area contributed by atoms with Crippen LogP contribution >= 0.6 is 0 Å². The Kier molecular flexibility index (Phi) is 3.11. The van der Waals surface area contributed by atoms with Gasteiger partial charge in [-0.25, -0.2) is 0 Å². The van der Waals surface area contributed by atoms with Crippen LogP contribution in [-0.4, -0.2) is 45.8 Å². The van der Waals surface area contributed by atoms with Crippen LogP contribution < -0.4 is 0 Å². The lowest BCUT2D eigenvalue weighted by Gasteiger charge is -2.21.